The number of allylic oxidation sites excluding steroid dienone is 1. The van der Waals surface area contributed by atoms with Gasteiger partial charge in [0.2, 0.25) is 0 Å². The van der Waals surface area contributed by atoms with Crippen LogP contribution in [0.1, 0.15) is 29.7 Å². The van der Waals surface area contributed by atoms with E-state index in [9.17, 15) is 13.2 Å². The van der Waals surface area contributed by atoms with Crippen molar-refractivity contribution in [1.29, 1.82) is 0 Å². The zero-order valence-electron chi connectivity index (χ0n) is 17.4. The van der Waals surface area contributed by atoms with Gasteiger partial charge in [-0.25, -0.2) is 17.9 Å². The number of fused-ring (bicyclic) bond motifs is 1. The van der Waals surface area contributed by atoms with E-state index in [1.54, 1.807) is 12.1 Å². The molecule has 2 heterocycles. The van der Waals surface area contributed by atoms with Crippen molar-refractivity contribution in [1.82, 2.24) is 19.8 Å². The molecule has 0 spiro atoms. The predicted molar refractivity (Wildman–Crippen MR) is 137 cm³/mol. The molecule has 1 aliphatic carbocycles. The summed E-state index contributed by atoms with van der Waals surface area (Å²) < 4.78 is 28.5. The van der Waals surface area contributed by atoms with Gasteiger partial charge in [-0.1, -0.05) is 58.5 Å². The van der Waals surface area contributed by atoms with Crippen LogP contribution in [-0.4, -0.2) is 30.8 Å². The molecule has 0 atom stereocenters. The Morgan fingerprint density at radius 1 is 1.15 bits per heavy atom. The van der Waals surface area contributed by atoms with Crippen LogP contribution in [0.4, 0.5) is 4.79 Å². The summed E-state index contributed by atoms with van der Waals surface area (Å²) >= 11 is 24.7. The second kappa shape index (κ2) is 10.5. The van der Waals surface area contributed by atoms with Gasteiger partial charge in [-0.05, 0) is 54.2 Å². The van der Waals surface area contributed by atoms with Gasteiger partial charge >= 0.3 is 6.03 Å². The molecular formula is C21H18Cl4N4O3S2. The van der Waals surface area contributed by atoms with Gasteiger partial charge in [-0.2, -0.15) is 5.10 Å². The van der Waals surface area contributed by atoms with Gasteiger partial charge in [0.25, 0.3) is 10.0 Å². The van der Waals surface area contributed by atoms with Gasteiger partial charge in [0.15, 0.2) is 0 Å². The van der Waals surface area contributed by atoms with Crippen LogP contribution in [0.15, 0.2) is 40.7 Å². The second-order valence-corrected chi connectivity index (χ2v) is 12.3. The number of urea groups is 1. The highest BCUT2D eigenvalue weighted by molar-refractivity contribution is 7.92. The smallest absolute Gasteiger partial charge is 0.328 e. The van der Waals surface area contributed by atoms with E-state index in [-0.39, 0.29) is 20.1 Å². The van der Waals surface area contributed by atoms with E-state index in [0.717, 1.165) is 53.0 Å². The van der Waals surface area contributed by atoms with Crippen molar-refractivity contribution in [3.05, 3.63) is 72.8 Å². The molecule has 2 N–H and O–H groups in total. The topological polar surface area (TPSA) is 93.1 Å². The number of nitrogens with one attached hydrogen (secondary N) is 2. The number of hydrogen-bond donors (Lipinski definition) is 2. The first kappa shape index (κ1) is 25.3. The molecule has 13 heteroatoms. The lowest BCUT2D eigenvalue weighted by atomic mass is 9.92. The summed E-state index contributed by atoms with van der Waals surface area (Å²) in [6, 6.07) is 5.69. The number of carbonyl (C=O) groups is 1. The normalized spacial score (nSPS) is 14.8. The molecule has 0 saturated heterocycles. The molecule has 7 nitrogen and oxygen atoms in total. The quantitative estimate of drug-likeness (QED) is 0.374. The maximum absolute atomic E-state index is 12.3. The highest BCUT2D eigenvalue weighted by Gasteiger charge is 2.23. The van der Waals surface area contributed by atoms with Gasteiger partial charge in [-0.3, -0.25) is 4.68 Å². The molecular weight excluding hydrogens is 562 g/mol. The Bertz CT molecular complexity index is 1360. The summed E-state index contributed by atoms with van der Waals surface area (Å²) in [6.07, 6.45) is 6.37. The number of thiophene rings is 1. The summed E-state index contributed by atoms with van der Waals surface area (Å²) in [5.41, 5.74) is 4.00. The summed E-state index contributed by atoms with van der Waals surface area (Å²) in [7, 11) is -4.07. The molecule has 1 aliphatic rings. The maximum atomic E-state index is 12.3. The average molecular weight is 580 g/mol. The Balaban J connectivity index is 1.45. The Hall–Kier alpha value is -1.75. The fourth-order valence-corrected chi connectivity index (χ4v) is 6.91. The minimum atomic E-state index is -4.07. The van der Waals surface area contributed by atoms with Crippen LogP contribution in [0.5, 0.6) is 0 Å². The van der Waals surface area contributed by atoms with E-state index in [4.69, 9.17) is 46.4 Å². The standard InChI is InChI=1S/C21H18Cl4N4O3S2/c22-15-5-4-14(16(23)8-15)11-29-19-12(2-1-3-13(19)10-27-29)6-7-26-21(30)28-34(31,32)18-9-17(24)20(25)33-18/h4-6,8-10H,1-3,7,11H2,(H2,26,28,30). The van der Waals surface area contributed by atoms with E-state index >= 15 is 0 Å². The molecule has 0 aliphatic heterocycles. The van der Waals surface area contributed by atoms with Crippen molar-refractivity contribution in [2.45, 2.75) is 30.0 Å². The Morgan fingerprint density at radius 2 is 1.94 bits per heavy atom. The van der Waals surface area contributed by atoms with Crippen LogP contribution >= 0.6 is 57.7 Å². The molecule has 34 heavy (non-hydrogen) atoms. The van der Waals surface area contributed by atoms with E-state index < -0.39 is 16.1 Å². The molecule has 4 rings (SSSR count). The Morgan fingerprint density at radius 3 is 2.65 bits per heavy atom. The molecule has 1 aromatic carbocycles. The summed E-state index contributed by atoms with van der Waals surface area (Å²) in [6.45, 7) is 0.607. The molecule has 0 saturated carbocycles. The second-order valence-electron chi connectivity index (χ2n) is 7.50. The first-order chi connectivity index (χ1) is 16.1. The van der Waals surface area contributed by atoms with Crippen LogP contribution in [0.2, 0.25) is 19.4 Å². The van der Waals surface area contributed by atoms with Crippen molar-refractivity contribution in [3.8, 4) is 0 Å². The average Bonchev–Trinajstić information content (AvgIpc) is 3.34. The molecule has 3 aromatic rings. The first-order valence-electron chi connectivity index (χ1n) is 10.1. The van der Waals surface area contributed by atoms with E-state index in [2.05, 4.69) is 10.4 Å². The van der Waals surface area contributed by atoms with Crippen LogP contribution in [-0.2, 0) is 23.0 Å². The van der Waals surface area contributed by atoms with Gasteiger partial charge in [0.05, 0.1) is 23.5 Å². The van der Waals surface area contributed by atoms with Gasteiger partial charge < -0.3 is 5.32 Å². The first-order valence-corrected chi connectivity index (χ1v) is 13.9. The number of sulfonamides is 1. The van der Waals surface area contributed by atoms with Crippen LogP contribution in [0.25, 0.3) is 5.57 Å². The molecule has 180 valence electrons. The molecule has 2 aromatic heterocycles. The van der Waals surface area contributed by atoms with Crippen molar-refractivity contribution in [2.24, 2.45) is 0 Å². The van der Waals surface area contributed by atoms with E-state index in [1.807, 2.05) is 27.7 Å². The number of benzene rings is 1. The third kappa shape index (κ3) is 5.72. The van der Waals surface area contributed by atoms with E-state index in [1.165, 1.54) is 6.07 Å². The van der Waals surface area contributed by atoms with E-state index in [0.29, 0.717) is 16.6 Å². The SMILES string of the molecule is O=C(NCC=C1CCCc2cnn(Cc3ccc(Cl)cc3Cl)c21)NS(=O)(=O)c1cc(Cl)c(Cl)s1. The highest BCUT2D eigenvalue weighted by atomic mass is 35.5. The van der Waals surface area contributed by atoms with Crippen LogP contribution < -0.4 is 10.0 Å². The Labute approximate surface area is 220 Å². The lowest BCUT2D eigenvalue weighted by Gasteiger charge is -2.18. The zero-order chi connectivity index (χ0) is 24.5. The number of rotatable bonds is 6. The summed E-state index contributed by atoms with van der Waals surface area (Å²) in [5, 5.41) is 8.32. The number of carbonyl (C=O) groups excluding carboxylic acids is 1. The molecule has 0 bridgehead atoms. The van der Waals surface area contributed by atoms with Gasteiger partial charge in [-0.15, -0.1) is 11.3 Å². The predicted octanol–water partition coefficient (Wildman–Crippen LogP) is 6.01. The molecule has 0 radical (unpaired) electrons. The minimum Gasteiger partial charge on any atom is -0.334 e. The van der Waals surface area contributed by atoms with Crippen LogP contribution in [0, 0.1) is 0 Å². The van der Waals surface area contributed by atoms with Gasteiger partial charge in [0.1, 0.15) is 8.55 Å². The Kier molecular flexibility index (Phi) is 7.81. The van der Waals surface area contributed by atoms with Gasteiger partial charge in [0, 0.05) is 16.6 Å². The number of aromatic nitrogens is 2. The minimum absolute atomic E-state index is 0.113. The van der Waals surface area contributed by atoms with Crippen molar-refractivity contribution >= 4 is 79.4 Å². The lowest BCUT2D eigenvalue weighted by molar-refractivity contribution is 0.247. The largest absolute Gasteiger partial charge is 0.334 e. The maximum Gasteiger partial charge on any atom is 0.328 e. The molecule has 2 amide bonds. The van der Waals surface area contributed by atoms with Crippen molar-refractivity contribution < 1.29 is 13.2 Å². The number of aryl methyl sites for hydroxylation is 1. The highest BCUT2D eigenvalue weighted by Crippen LogP contribution is 2.34. The number of amides is 2. The summed E-state index contributed by atoms with van der Waals surface area (Å²) in [5.74, 6) is 0. The monoisotopic (exact) mass is 578 g/mol. The lowest BCUT2D eigenvalue weighted by Crippen LogP contribution is -2.39. The fraction of sp³-hybridized carbons (Fsp3) is 0.238. The molecule has 0 fully saturated rings. The van der Waals surface area contributed by atoms with Crippen molar-refractivity contribution in [3.63, 3.8) is 0 Å². The zero-order valence-corrected chi connectivity index (χ0v) is 22.1. The number of nitrogens with zero attached hydrogens (tertiary/aromatic N) is 2. The van der Waals surface area contributed by atoms with Crippen LogP contribution in [0.3, 0.4) is 0 Å². The molecule has 0 unspecified atom stereocenters. The third-order valence-electron chi connectivity index (χ3n) is 5.17. The van der Waals surface area contributed by atoms with Crippen molar-refractivity contribution in [2.75, 3.05) is 6.54 Å². The number of hydrogen-bond acceptors (Lipinski definition) is 5. The summed E-state index contributed by atoms with van der Waals surface area (Å²) in [4.78, 5) is 12.2. The fourth-order valence-electron chi connectivity index (χ4n) is 3.63. The third-order valence-corrected chi connectivity index (χ3v) is 9.43. The number of halogens is 4.